The van der Waals surface area contributed by atoms with Gasteiger partial charge in [0.25, 0.3) is 0 Å². The highest BCUT2D eigenvalue weighted by molar-refractivity contribution is 5.88. The molecule has 2 aromatic rings. The van der Waals surface area contributed by atoms with Crippen LogP contribution in [0.3, 0.4) is 0 Å². The maximum Gasteiger partial charge on any atom is 0.340 e. The molecule has 0 N–H and O–H groups in total. The molecular weight excluding hydrogens is 497 g/mol. The monoisotopic (exact) mass is 543 g/mol. The number of piperidine rings is 1. The lowest BCUT2D eigenvalue weighted by atomic mass is 9.82. The minimum atomic E-state index is -1.00. The summed E-state index contributed by atoms with van der Waals surface area (Å²) < 4.78 is 32.4. The Labute approximate surface area is 233 Å². The molecule has 3 rings (SSSR count). The van der Waals surface area contributed by atoms with Crippen LogP contribution in [-0.4, -0.2) is 47.3 Å². The minimum absolute atomic E-state index is 0.205. The van der Waals surface area contributed by atoms with Crippen LogP contribution in [0, 0.1) is 24.2 Å². The highest BCUT2D eigenvalue weighted by atomic mass is 19.1. The summed E-state index contributed by atoms with van der Waals surface area (Å²) in [7, 11) is 0. The minimum Gasteiger partial charge on any atom is -0.477 e. The third-order valence-electron chi connectivity index (χ3n) is 6.69. The van der Waals surface area contributed by atoms with Crippen molar-refractivity contribution < 1.29 is 23.4 Å². The van der Waals surface area contributed by atoms with E-state index in [-0.39, 0.29) is 23.3 Å². The third-order valence-corrected chi connectivity index (χ3v) is 6.69. The first-order valence-corrected chi connectivity index (χ1v) is 14.0. The van der Waals surface area contributed by atoms with Crippen molar-refractivity contribution in [3.05, 3.63) is 35.5 Å². The second-order valence-electron chi connectivity index (χ2n) is 13.0. The summed E-state index contributed by atoms with van der Waals surface area (Å²) in [5, 5.41) is 0. The van der Waals surface area contributed by atoms with Gasteiger partial charge in [-0.15, -0.1) is 0 Å². The number of anilines is 1. The van der Waals surface area contributed by atoms with Gasteiger partial charge in [0.2, 0.25) is 11.8 Å². The van der Waals surface area contributed by atoms with E-state index in [1.54, 1.807) is 12.3 Å². The Morgan fingerprint density at radius 1 is 1.10 bits per heavy atom. The molecule has 1 aliphatic rings. The number of esters is 1. The molecule has 0 aromatic carbocycles. The zero-order valence-corrected chi connectivity index (χ0v) is 25.4. The Balaban J connectivity index is 2.30. The maximum atomic E-state index is 14.3. The molecule has 1 aliphatic heterocycles. The fourth-order valence-corrected chi connectivity index (χ4v) is 4.65. The summed E-state index contributed by atoms with van der Waals surface area (Å²) in [5.74, 6) is -0.645. The maximum absolute atomic E-state index is 14.3. The van der Waals surface area contributed by atoms with Gasteiger partial charge in [0.15, 0.2) is 6.10 Å². The quantitative estimate of drug-likeness (QED) is 0.248. The van der Waals surface area contributed by atoms with E-state index in [0.29, 0.717) is 23.4 Å². The van der Waals surface area contributed by atoms with E-state index in [1.807, 2.05) is 55.4 Å². The molecule has 1 atom stereocenters. The SMILES string of the molecule is Cc1ncc(-c2ccc(F)nc2OCC(C)C)c(N2CCC(C)(C)CC2)c1C(OC(C)(C)C)C(=O)OC(C)C. The number of carbonyl (C=O) groups is 1. The van der Waals surface area contributed by atoms with Crippen LogP contribution < -0.4 is 9.64 Å². The third kappa shape index (κ3) is 8.13. The standard InChI is InChI=1S/C31H46FN3O4/c1-19(2)18-37-28-22(11-12-24(32)34-28)23-17-33-21(5)25(26(23)35-15-13-31(9,10)14-16-35)27(39-30(6,7)8)29(36)38-20(3)4/h11-12,17,19-20,27H,13-16,18H2,1-10H3. The summed E-state index contributed by atoms with van der Waals surface area (Å²) in [5.41, 5.74) is 3.09. The van der Waals surface area contributed by atoms with Gasteiger partial charge in [-0.1, -0.05) is 27.7 Å². The second-order valence-corrected chi connectivity index (χ2v) is 13.0. The van der Waals surface area contributed by atoms with Gasteiger partial charge in [0, 0.05) is 41.7 Å². The van der Waals surface area contributed by atoms with Crippen LogP contribution in [0.1, 0.15) is 92.5 Å². The van der Waals surface area contributed by atoms with Gasteiger partial charge in [-0.2, -0.15) is 9.37 Å². The normalized spacial score (nSPS) is 16.5. The van der Waals surface area contributed by atoms with Crippen LogP contribution in [0.2, 0.25) is 0 Å². The lowest BCUT2D eigenvalue weighted by Gasteiger charge is -2.41. The van der Waals surface area contributed by atoms with Crippen LogP contribution in [0.5, 0.6) is 5.88 Å². The molecule has 7 nitrogen and oxygen atoms in total. The van der Waals surface area contributed by atoms with E-state index in [4.69, 9.17) is 19.2 Å². The number of aryl methyl sites for hydroxylation is 1. The number of nitrogens with zero attached hydrogens (tertiary/aromatic N) is 3. The van der Waals surface area contributed by atoms with E-state index in [0.717, 1.165) is 37.2 Å². The van der Waals surface area contributed by atoms with Crippen molar-refractivity contribution in [2.75, 3.05) is 24.6 Å². The number of ether oxygens (including phenoxy) is 3. The lowest BCUT2D eigenvalue weighted by Crippen LogP contribution is -2.39. The highest BCUT2D eigenvalue weighted by Gasteiger charge is 2.37. The van der Waals surface area contributed by atoms with Crippen molar-refractivity contribution in [2.45, 2.75) is 99.9 Å². The summed E-state index contributed by atoms with van der Waals surface area (Å²) in [6.07, 6.45) is 2.42. The van der Waals surface area contributed by atoms with Crippen molar-refractivity contribution in [2.24, 2.45) is 11.3 Å². The Kier molecular flexibility index (Phi) is 9.63. The van der Waals surface area contributed by atoms with Gasteiger partial charge >= 0.3 is 5.97 Å². The van der Waals surface area contributed by atoms with Crippen LogP contribution in [0.15, 0.2) is 18.3 Å². The van der Waals surface area contributed by atoms with E-state index in [2.05, 4.69) is 23.7 Å². The van der Waals surface area contributed by atoms with Crippen molar-refractivity contribution in [3.8, 4) is 17.0 Å². The number of carbonyl (C=O) groups excluding carboxylic acids is 1. The van der Waals surface area contributed by atoms with Crippen LogP contribution in [-0.2, 0) is 14.3 Å². The van der Waals surface area contributed by atoms with Crippen LogP contribution >= 0.6 is 0 Å². The zero-order chi connectivity index (χ0) is 29.1. The van der Waals surface area contributed by atoms with Gasteiger partial charge in [-0.3, -0.25) is 4.98 Å². The van der Waals surface area contributed by atoms with Gasteiger partial charge in [-0.25, -0.2) is 4.79 Å². The number of hydrogen-bond donors (Lipinski definition) is 0. The van der Waals surface area contributed by atoms with Crippen molar-refractivity contribution in [1.82, 2.24) is 9.97 Å². The Hall–Kier alpha value is -2.74. The lowest BCUT2D eigenvalue weighted by molar-refractivity contribution is -0.171. The molecule has 0 spiro atoms. The molecule has 0 amide bonds. The Bertz CT molecular complexity index is 1150. The summed E-state index contributed by atoms with van der Waals surface area (Å²) >= 11 is 0. The van der Waals surface area contributed by atoms with E-state index in [1.165, 1.54) is 6.07 Å². The molecule has 1 unspecified atom stereocenters. The fraction of sp³-hybridized carbons (Fsp3) is 0.645. The van der Waals surface area contributed by atoms with E-state index in [9.17, 15) is 9.18 Å². The van der Waals surface area contributed by atoms with Gasteiger partial charge in [0.05, 0.1) is 24.0 Å². The van der Waals surface area contributed by atoms with Gasteiger partial charge in [0.1, 0.15) is 0 Å². The Morgan fingerprint density at radius 3 is 2.31 bits per heavy atom. The molecule has 2 aromatic heterocycles. The van der Waals surface area contributed by atoms with Crippen LogP contribution in [0.25, 0.3) is 11.1 Å². The summed E-state index contributed by atoms with van der Waals surface area (Å²) in [4.78, 5) is 24.7. The van der Waals surface area contributed by atoms with E-state index >= 15 is 0 Å². The predicted molar refractivity (Wildman–Crippen MR) is 153 cm³/mol. The molecular formula is C31H46FN3O4. The van der Waals surface area contributed by atoms with Gasteiger partial charge in [-0.05, 0) is 77.8 Å². The first-order chi connectivity index (χ1) is 18.1. The molecule has 0 radical (unpaired) electrons. The molecule has 8 heteroatoms. The summed E-state index contributed by atoms with van der Waals surface area (Å²) in [6, 6.07) is 3.01. The number of rotatable bonds is 9. The Morgan fingerprint density at radius 2 is 1.74 bits per heavy atom. The number of aromatic nitrogens is 2. The van der Waals surface area contributed by atoms with Crippen molar-refractivity contribution in [1.29, 1.82) is 0 Å². The number of halogens is 1. The molecule has 39 heavy (non-hydrogen) atoms. The average molecular weight is 544 g/mol. The van der Waals surface area contributed by atoms with Crippen molar-refractivity contribution in [3.63, 3.8) is 0 Å². The first kappa shape index (κ1) is 30.8. The largest absolute Gasteiger partial charge is 0.477 e. The molecule has 1 saturated heterocycles. The van der Waals surface area contributed by atoms with Crippen LogP contribution in [0.4, 0.5) is 10.1 Å². The molecule has 216 valence electrons. The van der Waals surface area contributed by atoms with Crippen molar-refractivity contribution >= 4 is 11.7 Å². The topological polar surface area (TPSA) is 73.8 Å². The molecule has 0 bridgehead atoms. The second kappa shape index (κ2) is 12.2. The fourth-order valence-electron chi connectivity index (χ4n) is 4.65. The smallest absolute Gasteiger partial charge is 0.340 e. The molecule has 0 aliphatic carbocycles. The molecule has 3 heterocycles. The predicted octanol–water partition coefficient (Wildman–Crippen LogP) is 7.06. The summed E-state index contributed by atoms with van der Waals surface area (Å²) in [6.45, 7) is 21.8. The molecule has 1 fully saturated rings. The van der Waals surface area contributed by atoms with Gasteiger partial charge < -0.3 is 19.1 Å². The first-order valence-electron chi connectivity index (χ1n) is 14.0. The van der Waals surface area contributed by atoms with E-state index < -0.39 is 23.6 Å². The highest BCUT2D eigenvalue weighted by Crippen LogP contribution is 2.45. The number of pyridine rings is 2. The number of hydrogen-bond acceptors (Lipinski definition) is 7. The molecule has 0 saturated carbocycles. The average Bonchev–Trinajstić information content (AvgIpc) is 2.80. The zero-order valence-electron chi connectivity index (χ0n) is 25.4.